The summed E-state index contributed by atoms with van der Waals surface area (Å²) in [6.07, 6.45) is 10.5. The molecule has 0 aromatic rings. The fraction of sp³-hybridized carbons (Fsp3) is 1.00. The number of rotatable bonds is 3. The van der Waals surface area contributed by atoms with Crippen molar-refractivity contribution in [2.24, 2.45) is 0 Å². The van der Waals surface area contributed by atoms with Crippen molar-refractivity contribution in [2.45, 2.75) is 82.1 Å². The van der Waals surface area contributed by atoms with E-state index in [9.17, 15) is 0 Å². The molecular weight excluding hydrogens is 226 g/mol. The molecule has 3 unspecified atom stereocenters. The van der Waals surface area contributed by atoms with Crippen molar-refractivity contribution in [3.8, 4) is 0 Å². The number of nitrogens with one attached hydrogen (secondary N) is 1. The van der Waals surface area contributed by atoms with E-state index in [2.05, 4.69) is 12.2 Å². The Kier molecular flexibility index (Phi) is 3.92. The van der Waals surface area contributed by atoms with Gasteiger partial charge in [0.15, 0.2) is 0 Å². The maximum Gasteiger partial charge on any atom is 0.0726 e. The first-order valence-corrected chi connectivity index (χ1v) is 7.79. The first kappa shape index (κ1) is 12.9. The zero-order valence-corrected chi connectivity index (χ0v) is 11.6. The Labute approximate surface area is 111 Å². The molecule has 3 heteroatoms. The summed E-state index contributed by atoms with van der Waals surface area (Å²) in [6.45, 7) is 4.18. The van der Waals surface area contributed by atoms with Gasteiger partial charge in [0.2, 0.25) is 0 Å². The summed E-state index contributed by atoms with van der Waals surface area (Å²) < 4.78 is 11.9. The smallest absolute Gasteiger partial charge is 0.0726 e. The molecule has 0 aromatic carbocycles. The van der Waals surface area contributed by atoms with Gasteiger partial charge >= 0.3 is 0 Å². The van der Waals surface area contributed by atoms with E-state index < -0.39 is 0 Å². The van der Waals surface area contributed by atoms with Crippen molar-refractivity contribution in [1.29, 1.82) is 0 Å². The Morgan fingerprint density at radius 3 is 2.67 bits per heavy atom. The van der Waals surface area contributed by atoms with Crippen LogP contribution in [0.15, 0.2) is 0 Å². The van der Waals surface area contributed by atoms with Gasteiger partial charge in [-0.1, -0.05) is 12.8 Å². The summed E-state index contributed by atoms with van der Waals surface area (Å²) in [5.41, 5.74) is 0.228. The molecule has 18 heavy (non-hydrogen) atoms. The van der Waals surface area contributed by atoms with Crippen LogP contribution in [0.4, 0.5) is 0 Å². The van der Waals surface area contributed by atoms with Crippen LogP contribution in [0.3, 0.4) is 0 Å². The molecule has 1 spiro atoms. The lowest BCUT2D eigenvalue weighted by Gasteiger charge is -2.40. The SMILES string of the molecule is CC(NC1CCOC2(CCCC2)C1)C1CCCO1. The van der Waals surface area contributed by atoms with Crippen LogP contribution >= 0.6 is 0 Å². The van der Waals surface area contributed by atoms with Crippen molar-refractivity contribution < 1.29 is 9.47 Å². The van der Waals surface area contributed by atoms with Gasteiger partial charge in [-0.05, 0) is 45.4 Å². The summed E-state index contributed by atoms with van der Waals surface area (Å²) >= 11 is 0. The molecule has 3 atom stereocenters. The average molecular weight is 253 g/mol. The largest absolute Gasteiger partial charge is 0.377 e. The Morgan fingerprint density at radius 1 is 1.11 bits per heavy atom. The van der Waals surface area contributed by atoms with Gasteiger partial charge in [-0.15, -0.1) is 0 Å². The van der Waals surface area contributed by atoms with Crippen LogP contribution in [0.1, 0.15) is 58.3 Å². The van der Waals surface area contributed by atoms with Crippen LogP contribution in [-0.4, -0.2) is 37.0 Å². The molecule has 3 rings (SSSR count). The second-order valence-electron chi connectivity index (χ2n) is 6.44. The van der Waals surface area contributed by atoms with Gasteiger partial charge in [0.25, 0.3) is 0 Å². The molecule has 1 saturated carbocycles. The van der Waals surface area contributed by atoms with Gasteiger partial charge < -0.3 is 14.8 Å². The van der Waals surface area contributed by atoms with Gasteiger partial charge in [-0.25, -0.2) is 0 Å². The van der Waals surface area contributed by atoms with Crippen LogP contribution in [-0.2, 0) is 9.47 Å². The topological polar surface area (TPSA) is 30.5 Å². The molecule has 0 radical (unpaired) electrons. The minimum absolute atomic E-state index is 0.228. The summed E-state index contributed by atoms with van der Waals surface area (Å²) in [4.78, 5) is 0. The van der Waals surface area contributed by atoms with E-state index in [4.69, 9.17) is 9.47 Å². The standard InChI is InChI=1S/C15H27NO2/c1-12(14-5-4-9-17-14)16-13-6-10-18-15(11-13)7-2-3-8-15/h12-14,16H,2-11H2,1H3. The van der Waals surface area contributed by atoms with Gasteiger partial charge in [0, 0.05) is 25.3 Å². The molecule has 104 valence electrons. The van der Waals surface area contributed by atoms with Crippen LogP contribution in [0.2, 0.25) is 0 Å². The maximum atomic E-state index is 6.09. The monoisotopic (exact) mass is 253 g/mol. The fourth-order valence-corrected chi connectivity index (χ4v) is 4.01. The minimum atomic E-state index is 0.228. The highest BCUT2D eigenvalue weighted by Crippen LogP contribution is 2.40. The van der Waals surface area contributed by atoms with Gasteiger partial charge in [0.1, 0.15) is 0 Å². The van der Waals surface area contributed by atoms with E-state index in [-0.39, 0.29) is 5.60 Å². The normalized spacial score (nSPS) is 37.2. The first-order chi connectivity index (χ1) is 8.77. The number of hydrogen-bond donors (Lipinski definition) is 1. The fourth-order valence-electron chi connectivity index (χ4n) is 4.01. The lowest BCUT2D eigenvalue weighted by atomic mass is 9.88. The third-order valence-corrected chi connectivity index (χ3v) is 5.03. The van der Waals surface area contributed by atoms with Crippen LogP contribution in [0.25, 0.3) is 0 Å². The van der Waals surface area contributed by atoms with E-state index in [0.29, 0.717) is 18.2 Å². The highest BCUT2D eigenvalue weighted by molar-refractivity contribution is 4.94. The third kappa shape index (κ3) is 2.73. The lowest BCUT2D eigenvalue weighted by molar-refractivity contribution is -0.0862. The minimum Gasteiger partial charge on any atom is -0.377 e. The molecule has 3 fully saturated rings. The maximum absolute atomic E-state index is 6.09. The van der Waals surface area contributed by atoms with E-state index in [1.54, 1.807) is 0 Å². The second-order valence-corrected chi connectivity index (χ2v) is 6.44. The Morgan fingerprint density at radius 2 is 1.94 bits per heavy atom. The van der Waals surface area contributed by atoms with Crippen molar-refractivity contribution >= 4 is 0 Å². The summed E-state index contributed by atoms with van der Waals surface area (Å²) in [7, 11) is 0. The van der Waals surface area contributed by atoms with Gasteiger partial charge in [-0.2, -0.15) is 0 Å². The number of hydrogen-bond acceptors (Lipinski definition) is 3. The van der Waals surface area contributed by atoms with E-state index in [0.717, 1.165) is 13.2 Å². The van der Waals surface area contributed by atoms with Crippen molar-refractivity contribution in [1.82, 2.24) is 5.32 Å². The van der Waals surface area contributed by atoms with Crippen LogP contribution in [0.5, 0.6) is 0 Å². The van der Waals surface area contributed by atoms with Crippen molar-refractivity contribution in [3.05, 3.63) is 0 Å². The molecule has 2 saturated heterocycles. The van der Waals surface area contributed by atoms with E-state index >= 15 is 0 Å². The van der Waals surface area contributed by atoms with E-state index in [1.165, 1.54) is 51.4 Å². The molecular formula is C15H27NO2. The lowest BCUT2D eigenvalue weighted by Crippen LogP contribution is -2.50. The molecule has 0 aromatic heterocycles. The predicted octanol–water partition coefficient (Wildman–Crippen LogP) is 2.64. The Bertz CT molecular complexity index is 270. The molecule has 1 aliphatic carbocycles. The van der Waals surface area contributed by atoms with Crippen LogP contribution in [0, 0.1) is 0 Å². The van der Waals surface area contributed by atoms with Crippen LogP contribution < -0.4 is 5.32 Å². The Balaban J connectivity index is 1.52. The zero-order valence-electron chi connectivity index (χ0n) is 11.6. The van der Waals surface area contributed by atoms with Gasteiger partial charge in [0.05, 0.1) is 11.7 Å². The molecule has 1 N–H and O–H groups in total. The quantitative estimate of drug-likeness (QED) is 0.838. The third-order valence-electron chi connectivity index (χ3n) is 5.03. The highest BCUT2D eigenvalue weighted by atomic mass is 16.5. The van der Waals surface area contributed by atoms with Crippen molar-refractivity contribution in [3.63, 3.8) is 0 Å². The predicted molar refractivity (Wildman–Crippen MR) is 71.7 cm³/mol. The van der Waals surface area contributed by atoms with E-state index in [1.807, 2.05) is 0 Å². The van der Waals surface area contributed by atoms with Gasteiger partial charge in [-0.3, -0.25) is 0 Å². The first-order valence-electron chi connectivity index (χ1n) is 7.79. The molecule has 2 heterocycles. The zero-order chi connectivity index (χ0) is 12.4. The summed E-state index contributed by atoms with van der Waals surface area (Å²) in [5, 5.41) is 3.81. The second kappa shape index (κ2) is 5.48. The number of ether oxygens (including phenoxy) is 2. The van der Waals surface area contributed by atoms with Crippen molar-refractivity contribution in [2.75, 3.05) is 13.2 Å². The molecule has 2 aliphatic heterocycles. The average Bonchev–Trinajstić information content (AvgIpc) is 3.01. The summed E-state index contributed by atoms with van der Waals surface area (Å²) in [6, 6.07) is 1.13. The summed E-state index contributed by atoms with van der Waals surface area (Å²) in [5.74, 6) is 0. The highest BCUT2D eigenvalue weighted by Gasteiger charge is 2.40. The molecule has 3 nitrogen and oxygen atoms in total. The molecule has 0 bridgehead atoms. The Hall–Kier alpha value is -0.120. The molecule has 0 amide bonds. The molecule has 3 aliphatic rings.